The number of hydrogen-bond donors (Lipinski definition) is 0. The van der Waals surface area contributed by atoms with Crippen LogP contribution in [0.4, 0.5) is 0 Å². The molecule has 0 heterocycles. The molecule has 130 valence electrons. The van der Waals surface area contributed by atoms with E-state index in [1.807, 2.05) is 0 Å². The molecule has 0 fully saturated rings. The molecule has 0 aliphatic carbocycles. The molecule has 2 aromatic carbocycles. The van der Waals surface area contributed by atoms with Gasteiger partial charge in [0.2, 0.25) is 0 Å². The fraction of sp³-hybridized carbons (Fsp3) is 0.455. The summed E-state index contributed by atoms with van der Waals surface area (Å²) < 4.78 is 6.85. The molecule has 0 bridgehead atoms. The van der Waals surface area contributed by atoms with Gasteiger partial charge in [-0.3, -0.25) is 0 Å². The Morgan fingerprint density at radius 1 is 0.750 bits per heavy atom. The standard InChI is InChI=1S/C22H32OSi/c1-5-6-7-14-19-23-24(22(2,3)4,20-15-10-8-11-16-20)21-17-12-9-13-18-21/h8-13,15-18H,5-7,14,19H2,1-4H3. The lowest BCUT2D eigenvalue weighted by Gasteiger charge is -2.43. The van der Waals surface area contributed by atoms with Gasteiger partial charge in [0.1, 0.15) is 0 Å². The van der Waals surface area contributed by atoms with Crippen LogP contribution in [0.15, 0.2) is 60.7 Å². The molecule has 0 atom stereocenters. The van der Waals surface area contributed by atoms with Crippen LogP contribution in [0, 0.1) is 0 Å². The smallest absolute Gasteiger partial charge is 0.261 e. The molecule has 0 radical (unpaired) electrons. The van der Waals surface area contributed by atoms with Crippen LogP contribution >= 0.6 is 0 Å². The summed E-state index contributed by atoms with van der Waals surface area (Å²) in [4.78, 5) is 0. The first-order valence-electron chi connectivity index (χ1n) is 9.27. The summed E-state index contributed by atoms with van der Waals surface area (Å²) in [5, 5.41) is 2.83. The molecule has 0 spiro atoms. The lowest BCUT2D eigenvalue weighted by atomic mass is 10.2. The maximum absolute atomic E-state index is 6.85. The second-order valence-electron chi connectivity index (χ2n) is 7.57. The van der Waals surface area contributed by atoms with E-state index in [9.17, 15) is 0 Å². The van der Waals surface area contributed by atoms with Crippen LogP contribution < -0.4 is 10.4 Å². The van der Waals surface area contributed by atoms with E-state index in [4.69, 9.17) is 4.43 Å². The van der Waals surface area contributed by atoms with Crippen LogP contribution in [0.1, 0.15) is 53.4 Å². The zero-order valence-electron chi connectivity index (χ0n) is 15.7. The van der Waals surface area contributed by atoms with E-state index in [0.29, 0.717) is 0 Å². The topological polar surface area (TPSA) is 9.23 Å². The predicted octanol–water partition coefficient (Wildman–Crippen LogP) is 5.14. The molecule has 0 saturated carbocycles. The van der Waals surface area contributed by atoms with Gasteiger partial charge in [-0.1, -0.05) is 108 Å². The maximum Gasteiger partial charge on any atom is 0.261 e. The summed E-state index contributed by atoms with van der Waals surface area (Å²) in [6.45, 7) is 10.1. The Bertz CT molecular complexity index is 547. The molecule has 2 aromatic rings. The summed E-state index contributed by atoms with van der Waals surface area (Å²) in [5.74, 6) is 0. The fourth-order valence-electron chi connectivity index (χ4n) is 3.52. The molecule has 0 aromatic heterocycles. The van der Waals surface area contributed by atoms with Crippen molar-refractivity contribution in [1.29, 1.82) is 0 Å². The molecule has 2 heteroatoms. The van der Waals surface area contributed by atoms with E-state index in [1.165, 1.54) is 29.6 Å². The quantitative estimate of drug-likeness (QED) is 0.477. The van der Waals surface area contributed by atoms with Gasteiger partial charge in [-0.25, -0.2) is 0 Å². The van der Waals surface area contributed by atoms with Crippen LogP contribution in [0.2, 0.25) is 5.04 Å². The Hall–Kier alpha value is -1.38. The van der Waals surface area contributed by atoms with Gasteiger partial charge in [-0.05, 0) is 21.8 Å². The number of unbranched alkanes of at least 4 members (excludes halogenated alkanes) is 3. The summed E-state index contributed by atoms with van der Waals surface area (Å²) >= 11 is 0. The molecule has 0 aliphatic heterocycles. The van der Waals surface area contributed by atoms with Gasteiger partial charge in [-0.2, -0.15) is 0 Å². The second kappa shape index (κ2) is 8.64. The largest absolute Gasteiger partial charge is 0.407 e. The lowest BCUT2D eigenvalue weighted by Crippen LogP contribution is -2.66. The van der Waals surface area contributed by atoms with Crippen LogP contribution in [-0.2, 0) is 4.43 Å². The summed E-state index contributed by atoms with van der Waals surface area (Å²) in [6.07, 6.45) is 4.97. The van der Waals surface area contributed by atoms with Crippen LogP contribution in [0.3, 0.4) is 0 Å². The molecular formula is C22H32OSi. The first-order chi connectivity index (χ1) is 11.5. The molecule has 0 aliphatic rings. The Labute approximate surface area is 149 Å². The highest BCUT2D eigenvalue weighted by molar-refractivity contribution is 6.99. The first-order valence-corrected chi connectivity index (χ1v) is 11.2. The van der Waals surface area contributed by atoms with Crippen molar-refractivity contribution in [2.75, 3.05) is 6.61 Å². The van der Waals surface area contributed by atoms with Gasteiger partial charge in [0.05, 0.1) is 0 Å². The minimum Gasteiger partial charge on any atom is -0.407 e. The fourth-order valence-corrected chi connectivity index (χ4v) is 8.12. The van der Waals surface area contributed by atoms with Gasteiger partial charge in [0, 0.05) is 6.61 Å². The molecule has 0 saturated heterocycles. The average molecular weight is 341 g/mol. The van der Waals surface area contributed by atoms with Crippen molar-refractivity contribution in [1.82, 2.24) is 0 Å². The monoisotopic (exact) mass is 340 g/mol. The Balaban J connectivity index is 2.42. The van der Waals surface area contributed by atoms with Crippen LogP contribution in [0.25, 0.3) is 0 Å². The predicted molar refractivity (Wildman–Crippen MR) is 108 cm³/mol. The van der Waals surface area contributed by atoms with Gasteiger partial charge < -0.3 is 4.43 Å². The van der Waals surface area contributed by atoms with Gasteiger partial charge in [0.15, 0.2) is 0 Å². The zero-order valence-corrected chi connectivity index (χ0v) is 16.7. The van der Waals surface area contributed by atoms with E-state index < -0.39 is 8.32 Å². The minimum absolute atomic E-state index is 0.0838. The van der Waals surface area contributed by atoms with E-state index in [2.05, 4.69) is 88.4 Å². The summed E-state index contributed by atoms with van der Waals surface area (Å²) in [6, 6.07) is 21.8. The van der Waals surface area contributed by atoms with Crippen LogP contribution in [-0.4, -0.2) is 14.9 Å². The molecule has 0 N–H and O–H groups in total. The summed E-state index contributed by atoms with van der Waals surface area (Å²) in [5.41, 5.74) is 0. The van der Waals surface area contributed by atoms with Crippen molar-refractivity contribution in [3.05, 3.63) is 60.7 Å². The van der Waals surface area contributed by atoms with E-state index in [1.54, 1.807) is 0 Å². The first kappa shape index (κ1) is 18.9. The molecule has 0 unspecified atom stereocenters. The van der Waals surface area contributed by atoms with Crippen molar-refractivity contribution in [2.45, 2.75) is 58.4 Å². The second-order valence-corrected chi connectivity index (χ2v) is 11.9. The van der Waals surface area contributed by atoms with E-state index in [0.717, 1.165) is 13.0 Å². The van der Waals surface area contributed by atoms with E-state index in [-0.39, 0.29) is 5.04 Å². The zero-order chi connectivity index (χ0) is 17.5. The molecule has 2 rings (SSSR count). The van der Waals surface area contributed by atoms with Crippen molar-refractivity contribution >= 4 is 18.7 Å². The Morgan fingerprint density at radius 2 is 1.25 bits per heavy atom. The van der Waals surface area contributed by atoms with Crippen molar-refractivity contribution in [2.24, 2.45) is 0 Å². The summed E-state index contributed by atoms with van der Waals surface area (Å²) in [7, 11) is -2.31. The molecule has 24 heavy (non-hydrogen) atoms. The third kappa shape index (κ3) is 4.17. The van der Waals surface area contributed by atoms with E-state index >= 15 is 0 Å². The van der Waals surface area contributed by atoms with Crippen molar-refractivity contribution in [3.8, 4) is 0 Å². The highest BCUT2D eigenvalue weighted by Gasteiger charge is 2.49. The molecule has 1 nitrogen and oxygen atoms in total. The lowest BCUT2D eigenvalue weighted by molar-refractivity contribution is 0.287. The third-order valence-corrected chi connectivity index (χ3v) is 9.78. The highest BCUT2D eigenvalue weighted by atomic mass is 28.4. The Morgan fingerprint density at radius 3 is 1.67 bits per heavy atom. The highest BCUT2D eigenvalue weighted by Crippen LogP contribution is 2.36. The average Bonchev–Trinajstić information content (AvgIpc) is 2.59. The normalized spacial score (nSPS) is 12.3. The van der Waals surface area contributed by atoms with Gasteiger partial charge >= 0.3 is 0 Å². The molecular weight excluding hydrogens is 308 g/mol. The minimum atomic E-state index is -2.31. The Kier molecular flexibility index (Phi) is 6.82. The van der Waals surface area contributed by atoms with Gasteiger partial charge in [0.25, 0.3) is 8.32 Å². The maximum atomic E-state index is 6.85. The third-order valence-electron chi connectivity index (χ3n) is 4.73. The number of hydrogen-bond acceptors (Lipinski definition) is 1. The van der Waals surface area contributed by atoms with Crippen molar-refractivity contribution in [3.63, 3.8) is 0 Å². The van der Waals surface area contributed by atoms with Crippen LogP contribution in [0.5, 0.6) is 0 Å². The number of rotatable bonds is 8. The number of benzene rings is 2. The SMILES string of the molecule is CCCCCCO[Si](c1ccccc1)(c1ccccc1)C(C)(C)C. The van der Waals surface area contributed by atoms with Crippen molar-refractivity contribution < 1.29 is 4.43 Å². The van der Waals surface area contributed by atoms with Gasteiger partial charge in [-0.15, -0.1) is 0 Å². The molecule has 0 amide bonds.